The zero-order valence-corrected chi connectivity index (χ0v) is 7.19. The maximum Gasteiger partial charge on any atom is -0.0265 e. The lowest BCUT2D eigenvalue weighted by Gasteiger charge is -2.03. The van der Waals surface area contributed by atoms with Crippen LogP contribution in [0.4, 0.5) is 0 Å². The van der Waals surface area contributed by atoms with Gasteiger partial charge in [-0.05, 0) is 32.1 Å². The third-order valence-corrected chi connectivity index (χ3v) is 1.67. The smallest absolute Gasteiger partial charge is 0.0265 e. The molecule has 1 atom stereocenters. The van der Waals surface area contributed by atoms with Crippen LogP contribution in [0, 0.1) is 5.92 Å². The number of allylic oxidation sites excluding steroid dienone is 2. The molecule has 0 heteroatoms. The van der Waals surface area contributed by atoms with Gasteiger partial charge in [-0.25, -0.2) is 0 Å². The first kappa shape index (κ1) is 9.48. The van der Waals surface area contributed by atoms with E-state index in [0.29, 0.717) is 5.92 Å². The van der Waals surface area contributed by atoms with E-state index in [0.717, 1.165) is 6.42 Å². The molecule has 0 aliphatic carbocycles. The summed E-state index contributed by atoms with van der Waals surface area (Å²) in [6.45, 7) is 11.9. The van der Waals surface area contributed by atoms with E-state index in [1.54, 1.807) is 0 Å². The third kappa shape index (κ3) is 5.61. The molecule has 0 aromatic carbocycles. The molecule has 0 rings (SSSR count). The average Bonchev–Trinajstić information content (AvgIpc) is 1.87. The Morgan fingerprint density at radius 1 is 1.60 bits per heavy atom. The molecule has 0 aromatic rings. The van der Waals surface area contributed by atoms with Crippen molar-refractivity contribution in [1.82, 2.24) is 0 Å². The van der Waals surface area contributed by atoms with Gasteiger partial charge in [0.25, 0.3) is 0 Å². The molecule has 0 spiro atoms. The van der Waals surface area contributed by atoms with Crippen molar-refractivity contribution in [2.75, 3.05) is 0 Å². The van der Waals surface area contributed by atoms with Crippen molar-refractivity contribution in [2.24, 2.45) is 5.92 Å². The van der Waals surface area contributed by atoms with Gasteiger partial charge in [0.05, 0.1) is 0 Å². The van der Waals surface area contributed by atoms with Crippen LogP contribution in [-0.4, -0.2) is 0 Å². The molecule has 0 heterocycles. The van der Waals surface area contributed by atoms with E-state index in [9.17, 15) is 0 Å². The summed E-state index contributed by atoms with van der Waals surface area (Å²) in [6, 6.07) is 0. The SMILES string of the molecule is C=CC(C)CCCC(=C)C. The highest BCUT2D eigenvalue weighted by Gasteiger charge is 1.94. The van der Waals surface area contributed by atoms with Gasteiger partial charge in [0.1, 0.15) is 0 Å². The highest BCUT2D eigenvalue weighted by molar-refractivity contribution is 4.88. The van der Waals surface area contributed by atoms with Crippen LogP contribution in [0.15, 0.2) is 24.8 Å². The molecule has 1 unspecified atom stereocenters. The minimum atomic E-state index is 0.666. The van der Waals surface area contributed by atoms with Gasteiger partial charge in [-0.1, -0.05) is 18.6 Å². The molecule has 0 bridgehead atoms. The lowest BCUT2D eigenvalue weighted by molar-refractivity contribution is 0.606. The van der Waals surface area contributed by atoms with Crippen LogP contribution in [0.25, 0.3) is 0 Å². The second-order valence-electron chi connectivity index (χ2n) is 3.06. The summed E-state index contributed by atoms with van der Waals surface area (Å²) in [4.78, 5) is 0. The zero-order chi connectivity index (χ0) is 7.98. The van der Waals surface area contributed by atoms with Crippen molar-refractivity contribution >= 4 is 0 Å². The predicted octanol–water partition coefficient (Wildman–Crippen LogP) is 3.55. The first-order chi connectivity index (χ1) is 4.66. The van der Waals surface area contributed by atoms with E-state index in [1.165, 1.54) is 18.4 Å². The second kappa shape index (κ2) is 5.28. The normalized spacial score (nSPS) is 12.6. The molecule has 0 saturated heterocycles. The number of hydrogen-bond acceptors (Lipinski definition) is 0. The Kier molecular flexibility index (Phi) is 5.00. The van der Waals surface area contributed by atoms with Gasteiger partial charge in [0.2, 0.25) is 0 Å². The summed E-state index contributed by atoms with van der Waals surface area (Å²) in [5.74, 6) is 0.666. The topological polar surface area (TPSA) is 0 Å². The maximum atomic E-state index is 3.85. The molecule has 0 N–H and O–H groups in total. The zero-order valence-electron chi connectivity index (χ0n) is 7.19. The van der Waals surface area contributed by atoms with Crippen LogP contribution < -0.4 is 0 Å². The third-order valence-electron chi connectivity index (χ3n) is 1.67. The molecule has 0 saturated carbocycles. The first-order valence-corrected chi connectivity index (χ1v) is 3.93. The van der Waals surface area contributed by atoms with Gasteiger partial charge < -0.3 is 0 Å². The minimum Gasteiger partial charge on any atom is -0.103 e. The Labute approximate surface area is 64.6 Å². The highest BCUT2D eigenvalue weighted by atomic mass is 14.0. The molecule has 0 aliphatic rings. The molecule has 10 heavy (non-hydrogen) atoms. The first-order valence-electron chi connectivity index (χ1n) is 3.93. The summed E-state index contributed by atoms with van der Waals surface area (Å²) in [6.07, 6.45) is 5.68. The van der Waals surface area contributed by atoms with Crippen molar-refractivity contribution in [1.29, 1.82) is 0 Å². The maximum absolute atomic E-state index is 3.85. The molecule has 0 aromatic heterocycles. The Morgan fingerprint density at radius 3 is 2.60 bits per heavy atom. The summed E-state index contributed by atoms with van der Waals surface area (Å²) >= 11 is 0. The highest BCUT2D eigenvalue weighted by Crippen LogP contribution is 2.11. The van der Waals surface area contributed by atoms with E-state index in [4.69, 9.17) is 0 Å². The molecular weight excluding hydrogens is 120 g/mol. The fraction of sp³-hybridized carbons (Fsp3) is 0.600. The van der Waals surface area contributed by atoms with Gasteiger partial charge in [-0.3, -0.25) is 0 Å². The van der Waals surface area contributed by atoms with E-state index >= 15 is 0 Å². The van der Waals surface area contributed by atoms with Crippen molar-refractivity contribution in [3.8, 4) is 0 Å². The fourth-order valence-corrected chi connectivity index (χ4v) is 0.844. The molecule has 0 fully saturated rings. The fourth-order valence-electron chi connectivity index (χ4n) is 0.844. The largest absolute Gasteiger partial charge is 0.103 e. The average molecular weight is 138 g/mol. The minimum absolute atomic E-state index is 0.666. The Balaban J connectivity index is 3.19. The van der Waals surface area contributed by atoms with Crippen molar-refractivity contribution in [3.05, 3.63) is 24.8 Å². The van der Waals surface area contributed by atoms with Gasteiger partial charge in [0.15, 0.2) is 0 Å². The van der Waals surface area contributed by atoms with Gasteiger partial charge in [-0.15, -0.1) is 13.2 Å². The van der Waals surface area contributed by atoms with Crippen LogP contribution in [0.5, 0.6) is 0 Å². The molecule has 0 aliphatic heterocycles. The number of rotatable bonds is 5. The Morgan fingerprint density at radius 2 is 2.20 bits per heavy atom. The molecule has 58 valence electrons. The van der Waals surface area contributed by atoms with Gasteiger partial charge in [0, 0.05) is 0 Å². The summed E-state index contributed by atoms with van der Waals surface area (Å²) < 4.78 is 0. The van der Waals surface area contributed by atoms with Gasteiger partial charge in [-0.2, -0.15) is 0 Å². The number of hydrogen-bond donors (Lipinski definition) is 0. The molecule has 0 amide bonds. The van der Waals surface area contributed by atoms with Crippen LogP contribution in [0.3, 0.4) is 0 Å². The lowest BCUT2D eigenvalue weighted by atomic mass is 10.0. The standard InChI is InChI=1S/C10H18/c1-5-10(4)8-6-7-9(2)3/h5,10H,1-2,6-8H2,3-4H3. The second-order valence-corrected chi connectivity index (χ2v) is 3.06. The van der Waals surface area contributed by atoms with Crippen molar-refractivity contribution in [2.45, 2.75) is 33.1 Å². The molecule has 0 nitrogen and oxygen atoms in total. The van der Waals surface area contributed by atoms with E-state index in [2.05, 4.69) is 27.0 Å². The van der Waals surface area contributed by atoms with Crippen molar-refractivity contribution in [3.63, 3.8) is 0 Å². The quantitative estimate of drug-likeness (QED) is 0.510. The van der Waals surface area contributed by atoms with Crippen LogP contribution >= 0.6 is 0 Å². The van der Waals surface area contributed by atoms with Crippen LogP contribution in [0.1, 0.15) is 33.1 Å². The van der Waals surface area contributed by atoms with E-state index in [1.807, 2.05) is 6.08 Å². The van der Waals surface area contributed by atoms with E-state index < -0.39 is 0 Å². The summed E-state index contributed by atoms with van der Waals surface area (Å²) in [5, 5.41) is 0. The van der Waals surface area contributed by atoms with E-state index in [-0.39, 0.29) is 0 Å². The Hall–Kier alpha value is -0.520. The van der Waals surface area contributed by atoms with Crippen molar-refractivity contribution < 1.29 is 0 Å². The van der Waals surface area contributed by atoms with Crippen LogP contribution in [-0.2, 0) is 0 Å². The summed E-state index contributed by atoms with van der Waals surface area (Å²) in [7, 11) is 0. The molecule has 0 radical (unpaired) electrons. The monoisotopic (exact) mass is 138 g/mol. The Bertz CT molecular complexity index is 111. The predicted molar refractivity (Wildman–Crippen MR) is 48.0 cm³/mol. The van der Waals surface area contributed by atoms with Gasteiger partial charge >= 0.3 is 0 Å². The summed E-state index contributed by atoms with van der Waals surface area (Å²) in [5.41, 5.74) is 1.29. The van der Waals surface area contributed by atoms with Crippen LogP contribution in [0.2, 0.25) is 0 Å². The lowest BCUT2D eigenvalue weighted by Crippen LogP contribution is -1.88. The molecular formula is C10H18.